The zero-order valence-corrected chi connectivity index (χ0v) is 9.06. The van der Waals surface area contributed by atoms with Gasteiger partial charge in [-0.3, -0.25) is 9.59 Å². The summed E-state index contributed by atoms with van der Waals surface area (Å²) < 4.78 is 16.4. The molecule has 0 radical (unpaired) electrons. The van der Waals surface area contributed by atoms with E-state index in [9.17, 15) is 9.59 Å². The third-order valence-corrected chi connectivity index (χ3v) is 4.29. The molecule has 0 amide bonds. The molecule has 0 aromatic carbocycles. The lowest BCUT2D eigenvalue weighted by molar-refractivity contribution is -0.154. The summed E-state index contributed by atoms with van der Waals surface area (Å²) in [7, 11) is 0. The molecule has 4 rings (SSSR count). The lowest BCUT2D eigenvalue weighted by atomic mass is 9.75. The topological polar surface area (TPSA) is 68.4 Å². The summed E-state index contributed by atoms with van der Waals surface area (Å²) in [5.74, 6) is -0.336. The summed E-state index contributed by atoms with van der Waals surface area (Å²) >= 11 is 0. The quantitative estimate of drug-likeness (QED) is 0.421. The van der Waals surface area contributed by atoms with Gasteiger partial charge < -0.3 is 14.2 Å². The maximum atomic E-state index is 11.8. The number of carbonyl (C=O) groups is 2. The number of ketones is 1. The highest BCUT2D eigenvalue weighted by Gasteiger charge is 2.84. The molecule has 0 aromatic heterocycles. The van der Waals surface area contributed by atoms with E-state index in [1.165, 1.54) is 0 Å². The molecule has 4 aliphatic rings. The minimum Gasteiger partial charge on any atom is -0.453 e. The van der Waals surface area contributed by atoms with Gasteiger partial charge >= 0.3 is 5.97 Å². The van der Waals surface area contributed by atoms with E-state index in [0.29, 0.717) is 6.42 Å². The van der Waals surface area contributed by atoms with E-state index >= 15 is 0 Å². The Hall–Kier alpha value is -0.940. The number of carbonyl (C=O) groups excluding carboxylic acids is 2. The first kappa shape index (κ1) is 9.13. The fourth-order valence-corrected chi connectivity index (χ4v) is 3.31. The number of ether oxygens (including phenoxy) is 3. The van der Waals surface area contributed by atoms with Crippen molar-refractivity contribution >= 4 is 11.8 Å². The zero-order chi connectivity index (χ0) is 11.3. The number of Topliss-reactive ketones (excluding diaryl/α,β-unsaturated/α-hetero) is 1. The van der Waals surface area contributed by atoms with Gasteiger partial charge in [-0.15, -0.1) is 0 Å². The molecule has 5 heteroatoms. The number of epoxide rings is 2. The fraction of sp³-hybridized carbons (Fsp3) is 0.818. The Morgan fingerprint density at radius 1 is 1.38 bits per heavy atom. The number of fused-ring (bicyclic) bond motifs is 4. The predicted octanol–water partition coefficient (Wildman–Crippen LogP) is -0.184. The molecule has 4 unspecified atom stereocenters. The Balaban J connectivity index is 1.77. The van der Waals surface area contributed by atoms with Crippen molar-refractivity contribution in [1.29, 1.82) is 0 Å². The number of hydrogen-bond acceptors (Lipinski definition) is 5. The average molecular weight is 224 g/mol. The third kappa shape index (κ3) is 0.758. The van der Waals surface area contributed by atoms with Crippen LogP contribution in [-0.2, 0) is 23.8 Å². The number of rotatable bonds is 0. The molecule has 0 bridgehead atoms. The summed E-state index contributed by atoms with van der Waals surface area (Å²) in [5.41, 5.74) is -1.47. The van der Waals surface area contributed by atoms with Crippen LogP contribution in [0.3, 0.4) is 0 Å². The Morgan fingerprint density at radius 2 is 2.12 bits per heavy atom. The standard InChI is InChI=1S/C11H12O5/c1-4-3-11(15-8(4)13)7-5(14-7)6(12)10(2)9(11)16-10/h4-5,7,9H,3H2,1-2H3/t4-,5?,7?,9?,10?,11+/m1/s1. The second-order valence-corrected chi connectivity index (χ2v) is 5.43. The molecule has 5 nitrogen and oxygen atoms in total. The van der Waals surface area contributed by atoms with Crippen LogP contribution in [0, 0.1) is 5.92 Å². The van der Waals surface area contributed by atoms with Crippen molar-refractivity contribution in [2.45, 2.75) is 49.8 Å². The van der Waals surface area contributed by atoms with Gasteiger partial charge in [0.25, 0.3) is 0 Å². The molecule has 16 heavy (non-hydrogen) atoms. The van der Waals surface area contributed by atoms with Crippen molar-refractivity contribution in [3.8, 4) is 0 Å². The van der Waals surface area contributed by atoms with Crippen molar-refractivity contribution in [2.24, 2.45) is 5.92 Å². The van der Waals surface area contributed by atoms with Gasteiger partial charge in [-0.1, -0.05) is 6.92 Å². The van der Waals surface area contributed by atoms with Crippen LogP contribution in [0.5, 0.6) is 0 Å². The van der Waals surface area contributed by atoms with Gasteiger partial charge in [0, 0.05) is 6.42 Å². The van der Waals surface area contributed by atoms with Crippen molar-refractivity contribution < 1.29 is 23.8 Å². The molecular formula is C11H12O5. The van der Waals surface area contributed by atoms with Crippen LogP contribution in [0.4, 0.5) is 0 Å². The molecular weight excluding hydrogens is 212 g/mol. The molecule has 1 spiro atoms. The second-order valence-electron chi connectivity index (χ2n) is 5.43. The predicted molar refractivity (Wildman–Crippen MR) is 49.6 cm³/mol. The molecule has 1 aliphatic carbocycles. The number of hydrogen-bond donors (Lipinski definition) is 0. The van der Waals surface area contributed by atoms with E-state index < -0.39 is 17.3 Å². The van der Waals surface area contributed by atoms with Gasteiger partial charge in [0.15, 0.2) is 17.0 Å². The van der Waals surface area contributed by atoms with E-state index in [1.54, 1.807) is 6.92 Å². The normalized spacial score (nSPS) is 61.6. The molecule has 0 N–H and O–H groups in total. The summed E-state index contributed by atoms with van der Waals surface area (Å²) in [5, 5.41) is 0. The third-order valence-electron chi connectivity index (χ3n) is 4.29. The van der Waals surface area contributed by atoms with E-state index in [1.807, 2.05) is 6.92 Å². The largest absolute Gasteiger partial charge is 0.453 e. The van der Waals surface area contributed by atoms with Crippen molar-refractivity contribution in [1.82, 2.24) is 0 Å². The van der Waals surface area contributed by atoms with E-state index in [4.69, 9.17) is 14.2 Å². The first-order valence-electron chi connectivity index (χ1n) is 5.59. The van der Waals surface area contributed by atoms with Crippen LogP contribution in [-0.4, -0.2) is 41.3 Å². The monoisotopic (exact) mass is 224 g/mol. The second kappa shape index (κ2) is 2.19. The highest BCUT2D eigenvalue weighted by atomic mass is 16.7. The lowest BCUT2D eigenvalue weighted by Gasteiger charge is -2.27. The van der Waals surface area contributed by atoms with E-state index in [2.05, 4.69) is 0 Å². The molecule has 0 aromatic rings. The summed E-state index contributed by atoms with van der Waals surface area (Å²) in [6.45, 7) is 3.60. The van der Waals surface area contributed by atoms with Crippen LogP contribution in [0.1, 0.15) is 20.3 Å². The van der Waals surface area contributed by atoms with Crippen molar-refractivity contribution in [3.63, 3.8) is 0 Å². The molecule has 1 saturated carbocycles. The van der Waals surface area contributed by atoms with Crippen LogP contribution in [0.2, 0.25) is 0 Å². The first-order chi connectivity index (χ1) is 7.49. The Labute approximate surface area is 92.0 Å². The maximum absolute atomic E-state index is 11.8. The molecule has 6 atom stereocenters. The van der Waals surface area contributed by atoms with Crippen molar-refractivity contribution in [3.05, 3.63) is 0 Å². The minimum absolute atomic E-state index is 0.00345. The van der Waals surface area contributed by atoms with Gasteiger partial charge in [0.1, 0.15) is 18.3 Å². The minimum atomic E-state index is -0.776. The van der Waals surface area contributed by atoms with Crippen LogP contribution in [0.25, 0.3) is 0 Å². The first-order valence-corrected chi connectivity index (χ1v) is 5.59. The van der Waals surface area contributed by atoms with Crippen LogP contribution < -0.4 is 0 Å². The Kier molecular flexibility index (Phi) is 1.25. The lowest BCUT2D eigenvalue weighted by Crippen LogP contribution is -2.52. The Morgan fingerprint density at radius 3 is 2.75 bits per heavy atom. The summed E-state index contributed by atoms with van der Waals surface area (Å²) in [4.78, 5) is 23.4. The van der Waals surface area contributed by atoms with E-state index in [-0.39, 0.29) is 29.9 Å². The molecule has 3 aliphatic heterocycles. The van der Waals surface area contributed by atoms with Crippen LogP contribution >= 0.6 is 0 Å². The summed E-state index contributed by atoms with van der Waals surface area (Å²) in [6, 6.07) is 0. The molecule has 3 heterocycles. The van der Waals surface area contributed by atoms with Gasteiger partial charge in [-0.05, 0) is 6.92 Å². The molecule has 86 valence electrons. The average Bonchev–Trinajstić information content (AvgIpc) is 3.08. The maximum Gasteiger partial charge on any atom is 0.309 e. The van der Waals surface area contributed by atoms with Gasteiger partial charge in [0.05, 0.1) is 5.92 Å². The highest BCUT2D eigenvalue weighted by Crippen LogP contribution is 2.62. The Bertz CT molecular complexity index is 432. The molecule has 3 saturated heterocycles. The van der Waals surface area contributed by atoms with Gasteiger partial charge in [-0.2, -0.15) is 0 Å². The molecule has 4 fully saturated rings. The van der Waals surface area contributed by atoms with E-state index in [0.717, 1.165) is 0 Å². The smallest absolute Gasteiger partial charge is 0.309 e. The SMILES string of the molecule is C[C@@H]1C[C@]2(OC1=O)C1OC1C(=O)C1(C)OC12. The van der Waals surface area contributed by atoms with Gasteiger partial charge in [-0.25, -0.2) is 0 Å². The van der Waals surface area contributed by atoms with Crippen molar-refractivity contribution in [2.75, 3.05) is 0 Å². The zero-order valence-electron chi connectivity index (χ0n) is 9.06. The number of esters is 1. The summed E-state index contributed by atoms with van der Waals surface area (Å²) in [6.07, 6.45) is -0.387. The van der Waals surface area contributed by atoms with Gasteiger partial charge in [0.2, 0.25) is 0 Å². The van der Waals surface area contributed by atoms with Crippen LogP contribution in [0.15, 0.2) is 0 Å². The highest BCUT2D eigenvalue weighted by molar-refractivity contribution is 5.99. The fourth-order valence-electron chi connectivity index (χ4n) is 3.31.